The molecule has 20 heavy (non-hydrogen) atoms. The van der Waals surface area contributed by atoms with Crippen molar-refractivity contribution in [3.63, 3.8) is 0 Å². The molecule has 1 atom stereocenters. The van der Waals surface area contributed by atoms with Gasteiger partial charge in [-0.15, -0.1) is 0 Å². The van der Waals surface area contributed by atoms with Gasteiger partial charge < -0.3 is 10.6 Å². The number of nitrogens with zero attached hydrogens (tertiary/aromatic N) is 1. The van der Waals surface area contributed by atoms with E-state index in [0.29, 0.717) is 0 Å². The van der Waals surface area contributed by atoms with Crippen LogP contribution in [0.3, 0.4) is 0 Å². The lowest BCUT2D eigenvalue weighted by atomic mass is 10.2. The molecular weight excluding hydrogens is 265 g/mol. The van der Waals surface area contributed by atoms with Crippen molar-refractivity contribution in [2.24, 2.45) is 0 Å². The number of para-hydroxylation sites is 1. The van der Waals surface area contributed by atoms with Crippen molar-refractivity contribution in [1.82, 2.24) is 5.32 Å². The van der Waals surface area contributed by atoms with Crippen molar-refractivity contribution in [2.45, 2.75) is 32.7 Å². The normalized spacial score (nSPS) is 11.8. The molecule has 0 aliphatic carbocycles. The van der Waals surface area contributed by atoms with E-state index in [1.807, 2.05) is 13.8 Å². The van der Waals surface area contributed by atoms with Gasteiger partial charge in [0.25, 0.3) is 0 Å². The summed E-state index contributed by atoms with van der Waals surface area (Å²) in [5, 5.41) is 16.3. The Morgan fingerprint density at radius 3 is 2.80 bits per heavy atom. The summed E-state index contributed by atoms with van der Waals surface area (Å²) in [7, 11) is 0. The highest BCUT2D eigenvalue weighted by Crippen LogP contribution is 2.26. The third kappa shape index (κ3) is 4.49. The Morgan fingerprint density at radius 1 is 1.50 bits per heavy atom. The van der Waals surface area contributed by atoms with Gasteiger partial charge in [-0.1, -0.05) is 13.0 Å². The third-order valence-corrected chi connectivity index (χ3v) is 2.86. The number of benzene rings is 1. The van der Waals surface area contributed by atoms with Gasteiger partial charge in [0.05, 0.1) is 4.92 Å². The highest BCUT2D eigenvalue weighted by atomic mass is 19.1. The molecule has 7 heteroatoms. The number of amides is 1. The van der Waals surface area contributed by atoms with Gasteiger partial charge in [-0.05, 0) is 25.5 Å². The monoisotopic (exact) mass is 283 g/mol. The van der Waals surface area contributed by atoms with Crippen LogP contribution >= 0.6 is 0 Å². The van der Waals surface area contributed by atoms with Crippen molar-refractivity contribution in [2.75, 3.05) is 11.9 Å². The quantitative estimate of drug-likeness (QED) is 0.594. The Kier molecular flexibility index (Phi) is 5.89. The first-order valence-corrected chi connectivity index (χ1v) is 6.41. The smallest absolute Gasteiger partial charge is 0.327 e. The lowest BCUT2D eigenvalue weighted by Crippen LogP contribution is -2.32. The number of nitrogens with one attached hydrogen (secondary N) is 2. The topological polar surface area (TPSA) is 84.3 Å². The Bertz CT molecular complexity index is 494. The minimum Gasteiger partial charge on any atom is -0.379 e. The molecule has 0 aliphatic heterocycles. The molecular formula is C13H18FN3O3. The molecule has 1 aromatic carbocycles. The fourth-order valence-corrected chi connectivity index (χ4v) is 1.60. The van der Waals surface area contributed by atoms with Crippen LogP contribution in [0.1, 0.15) is 26.7 Å². The minimum absolute atomic E-state index is 0.0753. The number of anilines is 1. The number of carbonyl (C=O) groups is 1. The van der Waals surface area contributed by atoms with E-state index in [1.165, 1.54) is 12.1 Å². The summed E-state index contributed by atoms with van der Waals surface area (Å²) in [5.74, 6) is -1.05. The number of halogens is 1. The zero-order valence-corrected chi connectivity index (χ0v) is 11.5. The molecule has 0 bridgehead atoms. The number of rotatable bonds is 7. The lowest BCUT2D eigenvalue weighted by molar-refractivity contribution is -0.386. The standard InChI is InChI=1S/C13H18FN3O3/c1-3-9(2)16-12(18)7-8-15-11-6-4-5-10(14)13(11)17(19)20/h4-6,9,15H,3,7-8H2,1-2H3,(H,16,18). The average molecular weight is 283 g/mol. The first-order chi connectivity index (χ1) is 9.45. The third-order valence-electron chi connectivity index (χ3n) is 2.86. The fraction of sp³-hybridized carbons (Fsp3) is 0.462. The van der Waals surface area contributed by atoms with E-state index in [4.69, 9.17) is 0 Å². The summed E-state index contributed by atoms with van der Waals surface area (Å²) in [6.45, 7) is 4.05. The molecule has 110 valence electrons. The maximum atomic E-state index is 13.3. The lowest BCUT2D eigenvalue weighted by Gasteiger charge is -2.12. The van der Waals surface area contributed by atoms with E-state index in [0.717, 1.165) is 12.5 Å². The van der Waals surface area contributed by atoms with Gasteiger partial charge in [0.15, 0.2) is 0 Å². The number of nitro groups is 1. The molecule has 0 saturated carbocycles. The van der Waals surface area contributed by atoms with E-state index < -0.39 is 16.4 Å². The number of nitro benzene ring substituents is 1. The van der Waals surface area contributed by atoms with Crippen molar-refractivity contribution >= 4 is 17.3 Å². The highest BCUT2D eigenvalue weighted by molar-refractivity contribution is 5.77. The van der Waals surface area contributed by atoms with Gasteiger partial charge in [-0.25, -0.2) is 0 Å². The van der Waals surface area contributed by atoms with Crippen molar-refractivity contribution in [3.05, 3.63) is 34.1 Å². The van der Waals surface area contributed by atoms with Gasteiger partial charge in [-0.2, -0.15) is 4.39 Å². The van der Waals surface area contributed by atoms with Gasteiger partial charge in [-0.3, -0.25) is 14.9 Å². The first-order valence-electron chi connectivity index (χ1n) is 6.41. The van der Waals surface area contributed by atoms with Crippen LogP contribution in [0.15, 0.2) is 18.2 Å². The fourth-order valence-electron chi connectivity index (χ4n) is 1.60. The summed E-state index contributed by atoms with van der Waals surface area (Å²) >= 11 is 0. The Labute approximate surface area is 116 Å². The molecule has 0 fully saturated rings. The summed E-state index contributed by atoms with van der Waals surface area (Å²) < 4.78 is 13.3. The van der Waals surface area contributed by atoms with E-state index in [2.05, 4.69) is 10.6 Å². The molecule has 1 aromatic rings. The van der Waals surface area contributed by atoms with Crippen LogP contribution in [-0.4, -0.2) is 23.4 Å². The molecule has 0 spiro atoms. The molecule has 2 N–H and O–H groups in total. The molecule has 1 rings (SSSR count). The summed E-state index contributed by atoms with van der Waals surface area (Å²) in [5.41, 5.74) is -0.527. The number of hydrogen-bond acceptors (Lipinski definition) is 4. The molecule has 1 amide bonds. The summed E-state index contributed by atoms with van der Waals surface area (Å²) in [6, 6.07) is 3.90. The average Bonchev–Trinajstić information content (AvgIpc) is 2.38. The molecule has 0 aromatic heterocycles. The second kappa shape index (κ2) is 7.42. The maximum absolute atomic E-state index is 13.3. The molecule has 0 aliphatic rings. The molecule has 6 nitrogen and oxygen atoms in total. The van der Waals surface area contributed by atoms with Crippen LogP contribution in [-0.2, 0) is 4.79 Å². The first kappa shape index (κ1) is 15.9. The number of hydrogen-bond donors (Lipinski definition) is 2. The van der Waals surface area contributed by atoms with Crippen LogP contribution in [0, 0.1) is 15.9 Å². The zero-order chi connectivity index (χ0) is 15.1. The van der Waals surface area contributed by atoms with Crippen LogP contribution in [0.4, 0.5) is 15.8 Å². The number of carbonyl (C=O) groups excluding carboxylic acids is 1. The van der Waals surface area contributed by atoms with Crippen LogP contribution in [0.5, 0.6) is 0 Å². The molecule has 0 saturated heterocycles. The second-order valence-electron chi connectivity index (χ2n) is 4.45. The van der Waals surface area contributed by atoms with E-state index in [-0.39, 0.29) is 30.6 Å². The molecule has 0 radical (unpaired) electrons. The van der Waals surface area contributed by atoms with Gasteiger partial charge in [0.1, 0.15) is 5.69 Å². The zero-order valence-electron chi connectivity index (χ0n) is 11.5. The summed E-state index contributed by atoms with van der Waals surface area (Å²) in [6.07, 6.45) is 0.993. The Hall–Kier alpha value is -2.18. The van der Waals surface area contributed by atoms with Gasteiger partial charge in [0, 0.05) is 19.0 Å². The molecule has 1 unspecified atom stereocenters. The molecule has 0 heterocycles. The van der Waals surface area contributed by atoms with Crippen LogP contribution < -0.4 is 10.6 Å². The van der Waals surface area contributed by atoms with E-state index >= 15 is 0 Å². The second-order valence-corrected chi connectivity index (χ2v) is 4.45. The SMILES string of the molecule is CCC(C)NC(=O)CCNc1cccc(F)c1[N+](=O)[O-]. The van der Waals surface area contributed by atoms with Crippen molar-refractivity contribution < 1.29 is 14.1 Å². The largest absolute Gasteiger partial charge is 0.379 e. The highest BCUT2D eigenvalue weighted by Gasteiger charge is 2.19. The predicted octanol–water partition coefficient (Wildman–Crippen LogP) is 2.45. The van der Waals surface area contributed by atoms with Crippen molar-refractivity contribution in [1.29, 1.82) is 0 Å². The maximum Gasteiger partial charge on any atom is 0.327 e. The van der Waals surface area contributed by atoms with Crippen LogP contribution in [0.2, 0.25) is 0 Å². The predicted molar refractivity (Wildman–Crippen MR) is 74.1 cm³/mol. The van der Waals surface area contributed by atoms with E-state index in [1.54, 1.807) is 0 Å². The van der Waals surface area contributed by atoms with E-state index in [9.17, 15) is 19.3 Å². The van der Waals surface area contributed by atoms with Crippen LogP contribution in [0.25, 0.3) is 0 Å². The van der Waals surface area contributed by atoms with Gasteiger partial charge >= 0.3 is 5.69 Å². The Morgan fingerprint density at radius 2 is 2.20 bits per heavy atom. The van der Waals surface area contributed by atoms with Gasteiger partial charge in [0.2, 0.25) is 11.7 Å². The minimum atomic E-state index is -0.899. The Balaban J connectivity index is 2.57. The summed E-state index contributed by atoms with van der Waals surface area (Å²) in [4.78, 5) is 21.5. The van der Waals surface area contributed by atoms with Crippen molar-refractivity contribution in [3.8, 4) is 0 Å².